The van der Waals surface area contributed by atoms with Crippen LogP contribution in [0.1, 0.15) is 159 Å². The number of esters is 1. The maximum atomic E-state index is 12.0. The van der Waals surface area contributed by atoms with Gasteiger partial charge in [-0.05, 0) is 86.1 Å². The van der Waals surface area contributed by atoms with Gasteiger partial charge in [0.15, 0.2) is 6.29 Å². The van der Waals surface area contributed by atoms with Gasteiger partial charge < -0.3 is 50.0 Å². The molecule has 12 heteroatoms. The lowest BCUT2D eigenvalue weighted by atomic mass is 9.84. The number of ether oxygens (including phenoxy) is 3. The van der Waals surface area contributed by atoms with Crippen LogP contribution in [-0.4, -0.2) is 78.3 Å². The molecule has 0 spiro atoms. The topological polar surface area (TPSA) is 186 Å². The molecule has 0 bridgehead atoms. The van der Waals surface area contributed by atoms with Crippen LogP contribution < -0.4 is 0 Å². The summed E-state index contributed by atoms with van der Waals surface area (Å²) in [5, 5.41) is 74.4. The number of aliphatic hydroxyl groups excluding tert-OH is 3. The molecule has 10 atom stereocenters. The number of carbonyl (C=O) groups is 1. The molecule has 7 N–H and O–H groups in total. The van der Waals surface area contributed by atoms with Crippen LogP contribution in [0.2, 0.25) is 0 Å². The van der Waals surface area contributed by atoms with Gasteiger partial charge in [-0.2, -0.15) is 0 Å². The van der Waals surface area contributed by atoms with E-state index in [1.165, 1.54) is 25.1 Å². The summed E-state index contributed by atoms with van der Waals surface area (Å²) in [6.45, 7) is 9.32. The molecule has 0 aromatic heterocycles. The van der Waals surface area contributed by atoms with Gasteiger partial charge >= 0.3 is 5.97 Å². The van der Waals surface area contributed by atoms with Crippen LogP contribution in [0, 0.1) is 11.8 Å². The van der Waals surface area contributed by atoms with Crippen molar-refractivity contribution in [1.29, 1.82) is 0 Å². The van der Waals surface area contributed by atoms with Crippen molar-refractivity contribution in [3.63, 3.8) is 0 Å². The lowest BCUT2D eigenvalue weighted by molar-refractivity contribution is -0.288. The molecule has 3 rings (SSSR count). The van der Waals surface area contributed by atoms with E-state index in [9.17, 15) is 40.5 Å². The van der Waals surface area contributed by atoms with E-state index in [2.05, 4.69) is 13.8 Å². The third kappa shape index (κ3) is 14.6. The van der Waals surface area contributed by atoms with Gasteiger partial charge in [0, 0.05) is 29.5 Å². The molecule has 2 aromatic rings. The van der Waals surface area contributed by atoms with Crippen LogP contribution in [0.25, 0.3) is 0 Å². The number of carbonyl (C=O) groups excluding carboxylic acids is 1. The van der Waals surface area contributed by atoms with E-state index in [4.69, 9.17) is 25.8 Å². The number of alkyl halides is 1. The Morgan fingerprint density at radius 2 is 1.22 bits per heavy atom. The monoisotopic (exact) mass is 794 g/mol. The van der Waals surface area contributed by atoms with Crippen molar-refractivity contribution in [2.45, 2.75) is 173 Å². The zero-order chi connectivity index (χ0) is 40.7. The molecule has 2 aromatic carbocycles. The van der Waals surface area contributed by atoms with Crippen molar-refractivity contribution in [3.8, 4) is 23.0 Å². The van der Waals surface area contributed by atoms with Gasteiger partial charge in [-0.15, -0.1) is 11.6 Å². The highest BCUT2D eigenvalue weighted by molar-refractivity contribution is 6.20. The number of phenols is 4. The second-order valence-corrected chi connectivity index (χ2v) is 16.3. The molecular formula is C43H67ClO11. The number of phenolic OH excluding ortho intramolecular Hbond substituents is 4. The molecule has 0 radical (unpaired) electrons. The van der Waals surface area contributed by atoms with Crippen LogP contribution in [0.5, 0.6) is 23.0 Å². The number of unbranched alkanes of at least 4 members (excludes halogenated alkanes) is 4. The number of hydrogen-bond donors (Lipinski definition) is 7. The highest BCUT2D eigenvalue weighted by Gasteiger charge is 2.40. The minimum Gasteiger partial charge on any atom is -0.508 e. The molecule has 1 aliphatic heterocycles. The minimum absolute atomic E-state index is 0.0506. The Morgan fingerprint density at radius 3 is 1.80 bits per heavy atom. The maximum Gasteiger partial charge on any atom is 0.303 e. The van der Waals surface area contributed by atoms with Crippen molar-refractivity contribution < 1.29 is 54.8 Å². The first-order chi connectivity index (χ1) is 26.2. The molecule has 0 unspecified atom stereocenters. The van der Waals surface area contributed by atoms with Gasteiger partial charge in [0.1, 0.15) is 47.4 Å². The van der Waals surface area contributed by atoms with E-state index in [1.807, 2.05) is 13.8 Å². The lowest BCUT2D eigenvalue weighted by Gasteiger charge is -2.38. The quantitative estimate of drug-likeness (QED) is 0.0306. The fraction of sp³-hybridized carbons (Fsp3) is 0.698. The average molecular weight is 795 g/mol. The Labute approximate surface area is 332 Å². The van der Waals surface area contributed by atoms with E-state index < -0.39 is 42.8 Å². The van der Waals surface area contributed by atoms with E-state index in [1.54, 1.807) is 12.1 Å². The largest absolute Gasteiger partial charge is 0.508 e. The summed E-state index contributed by atoms with van der Waals surface area (Å²) in [7, 11) is 0. The van der Waals surface area contributed by atoms with Gasteiger partial charge in [-0.1, -0.05) is 79.1 Å². The Balaban J connectivity index is 1.78. The molecule has 11 nitrogen and oxygen atoms in total. The predicted octanol–water partition coefficient (Wildman–Crippen LogP) is 8.77. The standard InChI is InChI=1S/C43H67ClO11/c1-6-8-16-29(17-12-10-14-26(3)41(54-28(5)45)30-20-33(46)24-34(47)21-30)38-35(48)22-31(23-36(38)49)42(55-43-40(52)39(51)37(50)25-53-43)27(4)15-11-13-19-32(44)18-9-7-2/h20-24,26-27,29,32,37,39-43,46-52H,6-19,25H2,1-5H3/t26-,27-,29-,32-,37+,39+,40+,41+,42+,43-/m0/s1. The fourth-order valence-corrected chi connectivity index (χ4v) is 8.04. The Morgan fingerprint density at radius 1 is 0.727 bits per heavy atom. The second kappa shape index (κ2) is 23.4. The number of benzene rings is 2. The van der Waals surface area contributed by atoms with Gasteiger partial charge in [-0.25, -0.2) is 0 Å². The molecule has 0 aliphatic carbocycles. The first-order valence-corrected chi connectivity index (χ1v) is 20.8. The van der Waals surface area contributed by atoms with Gasteiger partial charge in [0.05, 0.1) is 12.7 Å². The molecule has 1 saturated heterocycles. The van der Waals surface area contributed by atoms with Crippen LogP contribution in [0.15, 0.2) is 30.3 Å². The van der Waals surface area contributed by atoms with Crippen LogP contribution >= 0.6 is 11.6 Å². The van der Waals surface area contributed by atoms with Crippen molar-refractivity contribution in [1.82, 2.24) is 0 Å². The highest BCUT2D eigenvalue weighted by atomic mass is 35.5. The van der Waals surface area contributed by atoms with Crippen molar-refractivity contribution in [3.05, 3.63) is 47.0 Å². The SMILES string of the molecule is CCCC[C@H](Cl)CCCC[C@H](C)[C@@H](O[C@@H]1OC[C@@H](O)[C@@H](O)[C@H]1O)c1cc(O)c([C@@H](CCCC)CCCC[C@H](C)[C@@H](OC(C)=O)c2cc(O)cc(O)c2)c(O)c1. The first-order valence-electron chi connectivity index (χ1n) is 20.4. The fourth-order valence-electron chi connectivity index (χ4n) is 7.73. The lowest BCUT2D eigenvalue weighted by Crippen LogP contribution is -2.54. The number of aliphatic hydroxyl groups is 3. The summed E-state index contributed by atoms with van der Waals surface area (Å²) < 4.78 is 17.5. The van der Waals surface area contributed by atoms with Crippen LogP contribution in [0.3, 0.4) is 0 Å². The van der Waals surface area contributed by atoms with Gasteiger partial charge in [0.2, 0.25) is 0 Å². The molecule has 1 heterocycles. The van der Waals surface area contributed by atoms with E-state index in [0.29, 0.717) is 29.5 Å². The molecule has 1 fully saturated rings. The second-order valence-electron chi connectivity index (χ2n) is 15.7. The van der Waals surface area contributed by atoms with Crippen molar-refractivity contribution in [2.75, 3.05) is 6.61 Å². The molecule has 0 amide bonds. The third-order valence-electron chi connectivity index (χ3n) is 10.9. The van der Waals surface area contributed by atoms with E-state index in [0.717, 1.165) is 77.0 Å². The molecule has 312 valence electrons. The Kier molecular flexibility index (Phi) is 19.8. The molecule has 55 heavy (non-hydrogen) atoms. The predicted molar refractivity (Wildman–Crippen MR) is 212 cm³/mol. The smallest absolute Gasteiger partial charge is 0.303 e. The number of hydrogen-bond acceptors (Lipinski definition) is 11. The summed E-state index contributed by atoms with van der Waals surface area (Å²) in [4.78, 5) is 12.0. The maximum absolute atomic E-state index is 12.0. The van der Waals surface area contributed by atoms with Crippen molar-refractivity contribution in [2.24, 2.45) is 11.8 Å². The molecule has 0 saturated carbocycles. The van der Waals surface area contributed by atoms with Gasteiger partial charge in [-0.3, -0.25) is 4.79 Å². The van der Waals surface area contributed by atoms with Crippen LogP contribution in [-0.2, 0) is 19.0 Å². The summed E-state index contributed by atoms with van der Waals surface area (Å²) in [5.41, 5.74) is 1.49. The number of rotatable bonds is 24. The van der Waals surface area contributed by atoms with Gasteiger partial charge in [0.25, 0.3) is 0 Å². The minimum atomic E-state index is -1.49. The summed E-state index contributed by atoms with van der Waals surface area (Å²) in [5.74, 6) is -1.18. The first kappa shape index (κ1) is 46.6. The number of aromatic hydroxyl groups is 4. The highest BCUT2D eigenvalue weighted by Crippen LogP contribution is 2.44. The zero-order valence-corrected chi connectivity index (χ0v) is 34.2. The average Bonchev–Trinajstić information content (AvgIpc) is 3.12. The van der Waals surface area contributed by atoms with E-state index in [-0.39, 0.29) is 52.7 Å². The summed E-state index contributed by atoms with van der Waals surface area (Å²) in [6, 6.07) is 7.43. The Bertz CT molecular complexity index is 1400. The number of halogens is 1. The molecule has 1 aliphatic rings. The van der Waals surface area contributed by atoms with E-state index >= 15 is 0 Å². The normalized spacial score (nSPS) is 22.1. The van der Waals surface area contributed by atoms with Crippen molar-refractivity contribution >= 4 is 17.6 Å². The summed E-state index contributed by atoms with van der Waals surface area (Å²) >= 11 is 6.53. The molecular weight excluding hydrogens is 728 g/mol. The van der Waals surface area contributed by atoms with Crippen LogP contribution in [0.4, 0.5) is 0 Å². The zero-order valence-electron chi connectivity index (χ0n) is 33.4. The summed E-state index contributed by atoms with van der Waals surface area (Å²) in [6.07, 6.45) is 5.35. The third-order valence-corrected chi connectivity index (χ3v) is 11.3. The Hall–Kier alpha value is -2.80.